The maximum absolute atomic E-state index is 12.5. The van der Waals surface area contributed by atoms with Gasteiger partial charge in [-0.15, -0.1) is 0 Å². The molecule has 1 saturated carbocycles. The number of hydrogen-bond donors (Lipinski definition) is 1. The van der Waals surface area contributed by atoms with Crippen molar-refractivity contribution in [2.75, 3.05) is 19.6 Å². The van der Waals surface area contributed by atoms with Gasteiger partial charge in [-0.1, -0.05) is 6.07 Å². The van der Waals surface area contributed by atoms with Crippen LogP contribution in [0.5, 0.6) is 0 Å². The predicted octanol–water partition coefficient (Wildman–Crippen LogP) is 1.77. The average molecular weight is 301 g/mol. The molecule has 0 radical (unpaired) electrons. The smallest absolute Gasteiger partial charge is 0.272 e. The molecule has 3 rings (SSSR count). The molecule has 1 N–H and O–H groups in total. The minimum Gasteiger partial charge on any atom is -0.356 e. The van der Waals surface area contributed by atoms with Crippen LogP contribution in [0.15, 0.2) is 18.2 Å². The Balaban J connectivity index is 1.59. The fraction of sp³-hybridized carbons (Fsp3) is 0.588. The van der Waals surface area contributed by atoms with Crippen molar-refractivity contribution in [1.29, 1.82) is 0 Å². The van der Waals surface area contributed by atoms with E-state index in [9.17, 15) is 9.59 Å². The van der Waals surface area contributed by atoms with E-state index in [-0.39, 0.29) is 17.7 Å². The average Bonchev–Trinajstić information content (AvgIpc) is 3.36. The maximum Gasteiger partial charge on any atom is 0.272 e. The summed E-state index contributed by atoms with van der Waals surface area (Å²) in [6.07, 6.45) is 4.20. The number of carbonyl (C=O) groups is 2. The molecule has 1 aromatic rings. The van der Waals surface area contributed by atoms with Gasteiger partial charge in [0.2, 0.25) is 5.91 Å². The standard InChI is InChI=1S/C17H23N3O2/c1-12-4-2-6-15(19-12)17(22)20-9-3-5-14(11-20)16(21)18-10-13-7-8-13/h2,4,6,13-14H,3,5,7-11H2,1H3,(H,18,21)/t14-/m0/s1. The van der Waals surface area contributed by atoms with Gasteiger partial charge >= 0.3 is 0 Å². The van der Waals surface area contributed by atoms with Crippen molar-refractivity contribution in [1.82, 2.24) is 15.2 Å². The van der Waals surface area contributed by atoms with E-state index < -0.39 is 0 Å². The zero-order chi connectivity index (χ0) is 15.5. The first-order valence-corrected chi connectivity index (χ1v) is 8.14. The van der Waals surface area contributed by atoms with Gasteiger partial charge in [0, 0.05) is 25.3 Å². The molecule has 2 aliphatic rings. The second kappa shape index (κ2) is 6.46. The Labute approximate surface area is 131 Å². The fourth-order valence-electron chi connectivity index (χ4n) is 2.91. The van der Waals surface area contributed by atoms with E-state index >= 15 is 0 Å². The van der Waals surface area contributed by atoms with Crippen molar-refractivity contribution in [3.63, 3.8) is 0 Å². The van der Waals surface area contributed by atoms with Gasteiger partial charge in [-0.2, -0.15) is 0 Å². The van der Waals surface area contributed by atoms with E-state index in [1.54, 1.807) is 11.0 Å². The van der Waals surface area contributed by atoms with Crippen LogP contribution < -0.4 is 5.32 Å². The Bertz CT molecular complexity index is 569. The molecular weight excluding hydrogens is 278 g/mol. The Kier molecular flexibility index (Phi) is 4.41. The van der Waals surface area contributed by atoms with Crippen molar-refractivity contribution >= 4 is 11.8 Å². The third kappa shape index (κ3) is 3.64. The van der Waals surface area contributed by atoms with E-state index in [0.717, 1.165) is 25.1 Å². The molecule has 0 aromatic carbocycles. The first-order chi connectivity index (χ1) is 10.6. The minimum absolute atomic E-state index is 0.0663. The molecule has 1 aliphatic carbocycles. The first kappa shape index (κ1) is 15.0. The fourth-order valence-corrected chi connectivity index (χ4v) is 2.91. The van der Waals surface area contributed by atoms with Gasteiger partial charge in [-0.25, -0.2) is 4.98 Å². The number of nitrogens with one attached hydrogen (secondary N) is 1. The molecule has 2 amide bonds. The monoisotopic (exact) mass is 301 g/mol. The molecule has 0 unspecified atom stereocenters. The molecule has 5 nitrogen and oxygen atoms in total. The third-order valence-electron chi connectivity index (χ3n) is 4.45. The predicted molar refractivity (Wildman–Crippen MR) is 83.3 cm³/mol. The summed E-state index contributed by atoms with van der Waals surface area (Å²) in [6.45, 7) is 3.88. The van der Waals surface area contributed by atoms with Crippen LogP contribution in [0.25, 0.3) is 0 Å². The Morgan fingerprint density at radius 1 is 1.32 bits per heavy atom. The first-order valence-electron chi connectivity index (χ1n) is 8.14. The van der Waals surface area contributed by atoms with E-state index in [2.05, 4.69) is 10.3 Å². The summed E-state index contributed by atoms with van der Waals surface area (Å²) in [5.74, 6) is 0.632. The van der Waals surface area contributed by atoms with Crippen LogP contribution in [-0.4, -0.2) is 41.3 Å². The molecule has 1 saturated heterocycles. The topological polar surface area (TPSA) is 62.3 Å². The van der Waals surface area contributed by atoms with Gasteiger partial charge in [-0.3, -0.25) is 9.59 Å². The van der Waals surface area contributed by atoms with Crippen molar-refractivity contribution in [3.8, 4) is 0 Å². The second-order valence-corrected chi connectivity index (χ2v) is 6.44. The van der Waals surface area contributed by atoms with Crippen molar-refractivity contribution in [2.45, 2.75) is 32.6 Å². The number of pyridine rings is 1. The molecule has 1 aromatic heterocycles. The number of carbonyl (C=O) groups excluding carboxylic acids is 2. The lowest BCUT2D eigenvalue weighted by molar-refractivity contribution is -0.126. The van der Waals surface area contributed by atoms with Crippen LogP contribution in [0.1, 0.15) is 41.9 Å². The van der Waals surface area contributed by atoms with Crippen LogP contribution in [0.4, 0.5) is 0 Å². The lowest BCUT2D eigenvalue weighted by Crippen LogP contribution is -2.46. The number of aromatic nitrogens is 1. The molecule has 2 heterocycles. The Morgan fingerprint density at radius 3 is 2.86 bits per heavy atom. The number of hydrogen-bond acceptors (Lipinski definition) is 3. The van der Waals surface area contributed by atoms with Gasteiger partial charge in [-0.05, 0) is 50.7 Å². The van der Waals surface area contributed by atoms with Gasteiger partial charge in [0.25, 0.3) is 5.91 Å². The molecule has 118 valence electrons. The number of rotatable bonds is 4. The van der Waals surface area contributed by atoms with Crippen molar-refractivity contribution < 1.29 is 9.59 Å². The normalized spacial score (nSPS) is 21.5. The van der Waals surface area contributed by atoms with Crippen LogP contribution in [0.3, 0.4) is 0 Å². The van der Waals surface area contributed by atoms with Gasteiger partial charge in [0.05, 0.1) is 5.92 Å². The SMILES string of the molecule is Cc1cccc(C(=O)N2CCC[C@H](C(=O)NCC3CC3)C2)n1. The number of likely N-dealkylation sites (tertiary alicyclic amines) is 1. The number of piperidine rings is 1. The maximum atomic E-state index is 12.5. The largest absolute Gasteiger partial charge is 0.356 e. The Morgan fingerprint density at radius 2 is 2.14 bits per heavy atom. The molecule has 1 atom stereocenters. The van der Waals surface area contributed by atoms with Gasteiger partial charge in [0.15, 0.2) is 0 Å². The highest BCUT2D eigenvalue weighted by Crippen LogP contribution is 2.28. The summed E-state index contributed by atoms with van der Waals surface area (Å²) in [7, 11) is 0. The molecule has 2 fully saturated rings. The van der Waals surface area contributed by atoms with E-state index in [4.69, 9.17) is 0 Å². The highest BCUT2D eigenvalue weighted by Gasteiger charge is 2.30. The lowest BCUT2D eigenvalue weighted by Gasteiger charge is -2.32. The summed E-state index contributed by atoms with van der Waals surface area (Å²) in [4.78, 5) is 30.8. The number of aryl methyl sites for hydroxylation is 1. The lowest BCUT2D eigenvalue weighted by atomic mass is 9.96. The van der Waals surface area contributed by atoms with Crippen LogP contribution in [-0.2, 0) is 4.79 Å². The summed E-state index contributed by atoms with van der Waals surface area (Å²) in [5, 5.41) is 3.03. The zero-order valence-electron chi connectivity index (χ0n) is 13.0. The van der Waals surface area contributed by atoms with Crippen molar-refractivity contribution in [3.05, 3.63) is 29.6 Å². The Hall–Kier alpha value is -1.91. The summed E-state index contributed by atoms with van der Waals surface area (Å²) in [5.41, 5.74) is 1.31. The molecule has 22 heavy (non-hydrogen) atoms. The highest BCUT2D eigenvalue weighted by molar-refractivity contribution is 5.93. The van der Waals surface area contributed by atoms with E-state index in [0.29, 0.717) is 24.7 Å². The summed E-state index contributed by atoms with van der Waals surface area (Å²) < 4.78 is 0. The second-order valence-electron chi connectivity index (χ2n) is 6.44. The summed E-state index contributed by atoms with van der Waals surface area (Å²) in [6, 6.07) is 5.46. The molecule has 0 bridgehead atoms. The molecular formula is C17H23N3O2. The summed E-state index contributed by atoms with van der Waals surface area (Å²) >= 11 is 0. The minimum atomic E-state index is -0.0822. The quantitative estimate of drug-likeness (QED) is 0.922. The van der Waals surface area contributed by atoms with Gasteiger partial charge in [0.1, 0.15) is 5.69 Å². The van der Waals surface area contributed by atoms with E-state index in [1.807, 2.05) is 19.1 Å². The number of amides is 2. The van der Waals surface area contributed by atoms with E-state index in [1.165, 1.54) is 12.8 Å². The highest BCUT2D eigenvalue weighted by atomic mass is 16.2. The van der Waals surface area contributed by atoms with Crippen molar-refractivity contribution in [2.24, 2.45) is 11.8 Å². The van der Waals surface area contributed by atoms with Crippen LogP contribution in [0.2, 0.25) is 0 Å². The van der Waals surface area contributed by atoms with Gasteiger partial charge < -0.3 is 10.2 Å². The third-order valence-corrected chi connectivity index (χ3v) is 4.45. The zero-order valence-corrected chi connectivity index (χ0v) is 13.0. The molecule has 0 spiro atoms. The van der Waals surface area contributed by atoms with Crippen LogP contribution >= 0.6 is 0 Å². The molecule has 5 heteroatoms. The molecule has 1 aliphatic heterocycles. The van der Waals surface area contributed by atoms with Crippen LogP contribution in [0, 0.1) is 18.8 Å². The number of nitrogens with zero attached hydrogens (tertiary/aromatic N) is 2.